The van der Waals surface area contributed by atoms with Gasteiger partial charge >= 0.3 is 0 Å². The summed E-state index contributed by atoms with van der Waals surface area (Å²) in [6, 6.07) is 5.06. The molecule has 4 rings (SSSR count). The highest BCUT2D eigenvalue weighted by molar-refractivity contribution is 5.66. The van der Waals surface area contributed by atoms with E-state index in [4.69, 9.17) is 14.2 Å². The first-order valence-electron chi connectivity index (χ1n) is 11.9. The van der Waals surface area contributed by atoms with Crippen molar-refractivity contribution in [2.75, 3.05) is 19.8 Å². The fourth-order valence-corrected chi connectivity index (χ4v) is 4.93. The fourth-order valence-electron chi connectivity index (χ4n) is 4.93. The molecule has 3 nitrogen and oxygen atoms in total. The summed E-state index contributed by atoms with van der Waals surface area (Å²) in [4.78, 5) is 0. The molecule has 4 atom stereocenters. The van der Waals surface area contributed by atoms with Crippen LogP contribution in [0.4, 0.5) is 17.6 Å². The molecule has 0 aromatic heterocycles. The molecule has 7 heteroatoms. The maximum absolute atomic E-state index is 15.0. The van der Waals surface area contributed by atoms with Crippen LogP contribution in [0.3, 0.4) is 0 Å². The first kappa shape index (κ1) is 24.7. The molecule has 34 heavy (non-hydrogen) atoms. The van der Waals surface area contributed by atoms with E-state index in [9.17, 15) is 13.2 Å². The van der Waals surface area contributed by atoms with E-state index in [-0.39, 0.29) is 41.1 Å². The van der Waals surface area contributed by atoms with Crippen molar-refractivity contribution in [2.45, 2.75) is 51.7 Å². The van der Waals surface area contributed by atoms with Gasteiger partial charge in [0.2, 0.25) is 5.82 Å². The van der Waals surface area contributed by atoms with Gasteiger partial charge in [0.15, 0.2) is 23.2 Å². The topological polar surface area (TPSA) is 27.7 Å². The Bertz CT molecular complexity index is 1020. The molecule has 4 unspecified atom stereocenters. The molecule has 0 amide bonds. The van der Waals surface area contributed by atoms with Crippen molar-refractivity contribution in [1.29, 1.82) is 0 Å². The van der Waals surface area contributed by atoms with Crippen molar-refractivity contribution in [1.82, 2.24) is 0 Å². The number of hydrogen-bond acceptors (Lipinski definition) is 3. The summed E-state index contributed by atoms with van der Waals surface area (Å²) in [5.74, 6) is -4.44. The lowest BCUT2D eigenvalue weighted by Crippen LogP contribution is -2.36. The minimum absolute atomic E-state index is 0.0872. The van der Waals surface area contributed by atoms with Gasteiger partial charge in [-0.25, -0.2) is 13.2 Å². The average molecular weight is 479 g/mol. The first-order chi connectivity index (χ1) is 16.4. The highest BCUT2D eigenvalue weighted by Gasteiger charge is 2.34. The number of ether oxygens (including phenoxy) is 3. The average Bonchev–Trinajstić information content (AvgIpc) is 2.85. The second-order valence-electron chi connectivity index (χ2n) is 8.90. The quantitative estimate of drug-likeness (QED) is 0.326. The standard InChI is InChI=1S/C27H30F4O3/c1-3-5-16-6-11-21(33-14-16)17-7-12-22(34-15-17)20-9-8-18(24(28)26(20)30)19-10-13-23(32-4-2)27(31)25(19)29/h3,5,8-10,13,16-17,21-22H,4,6-7,11-12,14-15H2,1-2H3. The summed E-state index contributed by atoms with van der Waals surface area (Å²) in [5.41, 5.74) is -0.621. The molecular weight excluding hydrogens is 448 g/mol. The zero-order chi connectivity index (χ0) is 24.2. The van der Waals surface area contributed by atoms with Gasteiger partial charge in [-0.3, -0.25) is 0 Å². The van der Waals surface area contributed by atoms with Gasteiger partial charge in [-0.1, -0.05) is 24.3 Å². The molecule has 0 spiro atoms. The van der Waals surface area contributed by atoms with Crippen LogP contribution in [0, 0.1) is 35.1 Å². The highest BCUT2D eigenvalue weighted by Crippen LogP contribution is 2.39. The van der Waals surface area contributed by atoms with Gasteiger partial charge in [0.1, 0.15) is 0 Å². The van der Waals surface area contributed by atoms with E-state index in [1.807, 2.05) is 13.0 Å². The number of hydrogen-bond donors (Lipinski definition) is 0. The number of benzene rings is 2. The molecule has 2 aliphatic heterocycles. The van der Waals surface area contributed by atoms with Crippen LogP contribution < -0.4 is 4.74 Å². The molecule has 184 valence electrons. The third-order valence-corrected chi connectivity index (χ3v) is 6.74. The third-order valence-electron chi connectivity index (χ3n) is 6.74. The maximum atomic E-state index is 15.0. The lowest BCUT2D eigenvalue weighted by Gasteiger charge is -2.37. The Kier molecular flexibility index (Phi) is 7.94. The minimum atomic E-state index is -1.28. The number of rotatable bonds is 6. The van der Waals surface area contributed by atoms with Crippen LogP contribution in [-0.2, 0) is 9.47 Å². The Morgan fingerprint density at radius 3 is 2.21 bits per heavy atom. The molecule has 2 aliphatic rings. The van der Waals surface area contributed by atoms with Crippen LogP contribution >= 0.6 is 0 Å². The van der Waals surface area contributed by atoms with Gasteiger partial charge < -0.3 is 14.2 Å². The van der Waals surface area contributed by atoms with Gasteiger partial charge in [-0.05, 0) is 51.7 Å². The van der Waals surface area contributed by atoms with Crippen LogP contribution in [0.25, 0.3) is 11.1 Å². The molecule has 0 aliphatic carbocycles. The molecule has 2 aromatic rings. The van der Waals surface area contributed by atoms with Crippen molar-refractivity contribution in [3.8, 4) is 16.9 Å². The predicted molar refractivity (Wildman–Crippen MR) is 122 cm³/mol. The maximum Gasteiger partial charge on any atom is 0.201 e. The Hall–Kier alpha value is -2.38. The Labute approximate surface area is 197 Å². The van der Waals surface area contributed by atoms with E-state index in [0.29, 0.717) is 25.6 Å². The third kappa shape index (κ3) is 5.01. The summed E-state index contributed by atoms with van der Waals surface area (Å²) >= 11 is 0. The molecule has 0 bridgehead atoms. The van der Waals surface area contributed by atoms with Gasteiger partial charge in [0, 0.05) is 28.5 Å². The van der Waals surface area contributed by atoms with E-state index >= 15 is 4.39 Å². The largest absolute Gasteiger partial charge is 0.491 e. The first-order valence-corrected chi connectivity index (χ1v) is 11.9. The van der Waals surface area contributed by atoms with E-state index in [0.717, 1.165) is 19.3 Å². The van der Waals surface area contributed by atoms with Crippen molar-refractivity contribution < 1.29 is 31.8 Å². The molecule has 0 saturated carbocycles. The van der Waals surface area contributed by atoms with Gasteiger partial charge in [0.25, 0.3) is 0 Å². The summed E-state index contributed by atoms with van der Waals surface area (Å²) in [6.45, 7) is 4.89. The zero-order valence-electron chi connectivity index (χ0n) is 19.5. The minimum Gasteiger partial charge on any atom is -0.491 e. The predicted octanol–water partition coefficient (Wildman–Crippen LogP) is 7.15. The molecule has 2 aromatic carbocycles. The fraction of sp³-hybridized carbons (Fsp3) is 0.481. The van der Waals surface area contributed by atoms with Crippen molar-refractivity contribution in [3.05, 3.63) is 65.2 Å². The molecule has 2 heterocycles. The monoisotopic (exact) mass is 478 g/mol. The van der Waals surface area contributed by atoms with Gasteiger partial charge in [0.05, 0.1) is 32.0 Å². The van der Waals surface area contributed by atoms with E-state index in [1.54, 1.807) is 6.92 Å². The van der Waals surface area contributed by atoms with E-state index < -0.39 is 29.4 Å². The lowest BCUT2D eigenvalue weighted by atomic mass is 9.85. The van der Waals surface area contributed by atoms with Crippen molar-refractivity contribution in [3.63, 3.8) is 0 Å². The smallest absolute Gasteiger partial charge is 0.201 e. The second kappa shape index (κ2) is 10.9. The summed E-state index contributed by atoms with van der Waals surface area (Å²) in [6.07, 6.45) is 7.07. The molecular formula is C27H30F4O3. The van der Waals surface area contributed by atoms with Crippen molar-refractivity contribution >= 4 is 0 Å². The van der Waals surface area contributed by atoms with E-state index in [1.165, 1.54) is 24.3 Å². The Morgan fingerprint density at radius 1 is 0.853 bits per heavy atom. The second-order valence-corrected chi connectivity index (χ2v) is 8.90. The van der Waals surface area contributed by atoms with Gasteiger partial charge in [-0.15, -0.1) is 0 Å². The zero-order valence-corrected chi connectivity index (χ0v) is 19.5. The van der Waals surface area contributed by atoms with E-state index in [2.05, 4.69) is 6.08 Å². The van der Waals surface area contributed by atoms with Crippen LogP contribution in [0.5, 0.6) is 5.75 Å². The molecule has 2 fully saturated rings. The van der Waals surface area contributed by atoms with Gasteiger partial charge in [-0.2, -0.15) is 4.39 Å². The Balaban J connectivity index is 1.45. The Morgan fingerprint density at radius 2 is 1.59 bits per heavy atom. The SMILES string of the molecule is CC=CC1CCC(C2CCC(c3ccc(-c4ccc(OCC)c(F)c4F)c(F)c3F)OC2)OC1. The number of allylic oxidation sites excluding steroid dienone is 1. The van der Waals surface area contributed by atoms with Crippen LogP contribution in [0.2, 0.25) is 0 Å². The van der Waals surface area contributed by atoms with Crippen LogP contribution in [-0.4, -0.2) is 25.9 Å². The lowest BCUT2D eigenvalue weighted by molar-refractivity contribution is -0.0997. The normalized spacial score (nSPS) is 25.6. The van der Waals surface area contributed by atoms with Crippen LogP contribution in [0.15, 0.2) is 36.4 Å². The molecule has 0 N–H and O–H groups in total. The summed E-state index contributed by atoms with van der Waals surface area (Å²) in [7, 11) is 0. The summed E-state index contributed by atoms with van der Waals surface area (Å²) < 4.78 is 75.7. The number of halogens is 4. The molecule has 2 saturated heterocycles. The summed E-state index contributed by atoms with van der Waals surface area (Å²) in [5, 5.41) is 0. The molecule has 0 radical (unpaired) electrons. The highest BCUT2D eigenvalue weighted by atomic mass is 19.2. The van der Waals surface area contributed by atoms with Crippen molar-refractivity contribution in [2.24, 2.45) is 11.8 Å². The van der Waals surface area contributed by atoms with Crippen LogP contribution in [0.1, 0.15) is 51.2 Å².